The molecule has 0 amide bonds. The third-order valence-corrected chi connectivity index (χ3v) is 3.26. The maximum absolute atomic E-state index is 5.87. The van der Waals surface area contributed by atoms with Gasteiger partial charge >= 0.3 is 0 Å². The van der Waals surface area contributed by atoms with Crippen molar-refractivity contribution >= 4 is 0 Å². The third-order valence-electron chi connectivity index (χ3n) is 3.26. The molecular weight excluding hydrogens is 224 g/mol. The van der Waals surface area contributed by atoms with Crippen molar-refractivity contribution < 1.29 is 0 Å². The van der Waals surface area contributed by atoms with Crippen molar-refractivity contribution in [3.05, 3.63) is 48.3 Å². The van der Waals surface area contributed by atoms with Crippen molar-refractivity contribution in [2.24, 2.45) is 11.7 Å². The van der Waals surface area contributed by atoms with E-state index in [-0.39, 0.29) is 0 Å². The smallest absolute Gasteiger partial charge is 0.0951 e. The molecule has 0 bridgehead atoms. The summed E-state index contributed by atoms with van der Waals surface area (Å²) in [6.07, 6.45) is 7.47. The Hall–Kier alpha value is -1.68. The number of nitrogens with zero attached hydrogens (tertiary/aromatic N) is 3. The maximum Gasteiger partial charge on any atom is 0.0951 e. The van der Waals surface area contributed by atoms with E-state index in [1.54, 1.807) is 6.20 Å². The van der Waals surface area contributed by atoms with Gasteiger partial charge < -0.3 is 10.3 Å². The van der Waals surface area contributed by atoms with E-state index < -0.39 is 0 Å². The minimum absolute atomic E-state index is 0.351. The van der Waals surface area contributed by atoms with E-state index in [4.69, 9.17) is 5.73 Å². The average Bonchev–Trinajstić information content (AvgIpc) is 2.79. The van der Waals surface area contributed by atoms with E-state index in [0.29, 0.717) is 18.4 Å². The first-order valence-electron chi connectivity index (χ1n) is 6.31. The minimum atomic E-state index is 0.351. The molecule has 4 nitrogen and oxygen atoms in total. The Kier molecular flexibility index (Phi) is 4.10. The summed E-state index contributed by atoms with van der Waals surface area (Å²) < 4.78 is 2.16. The van der Waals surface area contributed by atoms with Gasteiger partial charge in [-0.3, -0.25) is 4.98 Å². The van der Waals surface area contributed by atoms with Gasteiger partial charge in [0.25, 0.3) is 0 Å². The highest BCUT2D eigenvalue weighted by molar-refractivity contribution is 5.14. The first kappa shape index (κ1) is 12.8. The van der Waals surface area contributed by atoms with Crippen LogP contribution in [0.15, 0.2) is 37.1 Å². The summed E-state index contributed by atoms with van der Waals surface area (Å²) in [5.74, 6) is 0.864. The molecule has 18 heavy (non-hydrogen) atoms. The van der Waals surface area contributed by atoms with Crippen molar-refractivity contribution in [2.75, 3.05) is 6.54 Å². The van der Waals surface area contributed by atoms with Crippen LogP contribution in [0, 0.1) is 5.92 Å². The highest BCUT2D eigenvalue weighted by Gasteiger charge is 2.18. The summed E-state index contributed by atoms with van der Waals surface area (Å²) in [5.41, 5.74) is 8.26. The van der Waals surface area contributed by atoms with Crippen molar-refractivity contribution in [1.82, 2.24) is 14.5 Å². The van der Waals surface area contributed by atoms with Gasteiger partial charge in [-0.05, 0) is 17.5 Å². The largest absolute Gasteiger partial charge is 0.330 e. The lowest BCUT2D eigenvalue weighted by Crippen LogP contribution is -2.21. The number of rotatable bonds is 5. The van der Waals surface area contributed by atoms with Gasteiger partial charge in [0.2, 0.25) is 0 Å². The summed E-state index contributed by atoms with van der Waals surface area (Å²) in [7, 11) is 0. The zero-order chi connectivity index (χ0) is 13.0. The Morgan fingerprint density at radius 1 is 1.28 bits per heavy atom. The second-order valence-electron chi connectivity index (χ2n) is 4.89. The highest BCUT2D eigenvalue weighted by atomic mass is 15.0. The molecule has 2 aromatic rings. The molecule has 4 heteroatoms. The lowest BCUT2D eigenvalue weighted by Gasteiger charge is -2.20. The molecule has 2 N–H and O–H groups in total. The fraction of sp³-hybridized carbons (Fsp3) is 0.429. The molecule has 2 heterocycles. The summed E-state index contributed by atoms with van der Waals surface area (Å²) >= 11 is 0. The molecule has 0 aromatic carbocycles. The molecule has 0 spiro atoms. The SMILES string of the molecule is CC(C)C(CN)c1cncn1Cc1cccnc1. The summed E-state index contributed by atoms with van der Waals surface area (Å²) in [4.78, 5) is 8.39. The second-order valence-corrected chi connectivity index (χ2v) is 4.89. The number of imidazole rings is 1. The van der Waals surface area contributed by atoms with Crippen LogP contribution in [0.2, 0.25) is 0 Å². The molecule has 1 unspecified atom stereocenters. The first-order valence-corrected chi connectivity index (χ1v) is 6.31. The third kappa shape index (κ3) is 2.76. The van der Waals surface area contributed by atoms with Crippen LogP contribution in [-0.2, 0) is 6.54 Å². The van der Waals surface area contributed by atoms with Crippen LogP contribution in [0.3, 0.4) is 0 Å². The lowest BCUT2D eigenvalue weighted by molar-refractivity contribution is 0.478. The van der Waals surface area contributed by atoms with E-state index in [2.05, 4.69) is 34.4 Å². The van der Waals surface area contributed by atoms with Crippen molar-refractivity contribution in [3.63, 3.8) is 0 Å². The van der Waals surface area contributed by atoms with Crippen LogP contribution in [0.25, 0.3) is 0 Å². The van der Waals surface area contributed by atoms with Gasteiger partial charge in [-0.15, -0.1) is 0 Å². The number of nitrogens with two attached hydrogens (primary N) is 1. The number of hydrogen-bond acceptors (Lipinski definition) is 3. The molecule has 0 aliphatic heterocycles. The predicted octanol–water partition coefficient (Wildman–Crippen LogP) is 2.02. The van der Waals surface area contributed by atoms with E-state index >= 15 is 0 Å². The Morgan fingerprint density at radius 3 is 2.72 bits per heavy atom. The van der Waals surface area contributed by atoms with Crippen LogP contribution in [0.4, 0.5) is 0 Å². The van der Waals surface area contributed by atoms with Crippen LogP contribution >= 0.6 is 0 Å². The fourth-order valence-electron chi connectivity index (χ4n) is 2.19. The fourth-order valence-corrected chi connectivity index (χ4v) is 2.19. The zero-order valence-electron chi connectivity index (χ0n) is 11.0. The van der Waals surface area contributed by atoms with Gasteiger partial charge in [-0.2, -0.15) is 0 Å². The Labute approximate surface area is 108 Å². The second kappa shape index (κ2) is 5.78. The van der Waals surface area contributed by atoms with Gasteiger partial charge in [-0.25, -0.2) is 4.98 Å². The quantitative estimate of drug-likeness (QED) is 0.875. The Balaban J connectivity index is 2.22. The summed E-state index contributed by atoms with van der Waals surface area (Å²) in [5, 5.41) is 0. The molecule has 2 aromatic heterocycles. The number of hydrogen-bond donors (Lipinski definition) is 1. The van der Waals surface area contributed by atoms with Crippen LogP contribution in [-0.4, -0.2) is 21.1 Å². The summed E-state index contributed by atoms with van der Waals surface area (Å²) in [6, 6.07) is 4.03. The molecule has 2 rings (SSSR count). The molecule has 96 valence electrons. The molecular formula is C14H20N4. The van der Waals surface area contributed by atoms with E-state index in [1.165, 1.54) is 11.3 Å². The van der Waals surface area contributed by atoms with Crippen molar-refractivity contribution in [2.45, 2.75) is 26.3 Å². The lowest BCUT2D eigenvalue weighted by atomic mass is 9.93. The Bertz CT molecular complexity index is 476. The minimum Gasteiger partial charge on any atom is -0.330 e. The molecule has 0 fully saturated rings. The average molecular weight is 244 g/mol. The zero-order valence-corrected chi connectivity index (χ0v) is 11.0. The maximum atomic E-state index is 5.87. The number of aromatic nitrogens is 3. The molecule has 0 saturated carbocycles. The van der Waals surface area contributed by atoms with Gasteiger partial charge in [-0.1, -0.05) is 19.9 Å². The molecule has 1 atom stereocenters. The highest BCUT2D eigenvalue weighted by Crippen LogP contribution is 2.23. The van der Waals surface area contributed by atoms with Crippen LogP contribution < -0.4 is 5.73 Å². The Morgan fingerprint density at radius 2 is 2.11 bits per heavy atom. The normalized spacial score (nSPS) is 12.9. The molecule has 0 saturated heterocycles. The summed E-state index contributed by atoms with van der Waals surface area (Å²) in [6.45, 7) is 5.83. The molecule has 0 radical (unpaired) electrons. The molecule has 0 aliphatic rings. The van der Waals surface area contributed by atoms with E-state index in [1.807, 2.05) is 24.8 Å². The van der Waals surface area contributed by atoms with E-state index in [0.717, 1.165) is 6.54 Å². The monoisotopic (exact) mass is 244 g/mol. The van der Waals surface area contributed by atoms with Gasteiger partial charge in [0.05, 0.1) is 12.9 Å². The van der Waals surface area contributed by atoms with Gasteiger partial charge in [0.15, 0.2) is 0 Å². The van der Waals surface area contributed by atoms with E-state index in [9.17, 15) is 0 Å². The van der Waals surface area contributed by atoms with Gasteiger partial charge in [0, 0.05) is 36.7 Å². The molecule has 0 aliphatic carbocycles. The topological polar surface area (TPSA) is 56.7 Å². The first-order chi connectivity index (χ1) is 8.72. The number of pyridine rings is 1. The van der Waals surface area contributed by atoms with Crippen molar-refractivity contribution in [1.29, 1.82) is 0 Å². The van der Waals surface area contributed by atoms with Crippen LogP contribution in [0.5, 0.6) is 0 Å². The standard InChI is InChI=1S/C14H20N4/c1-11(2)13(6-15)14-8-17-10-18(14)9-12-4-3-5-16-7-12/h3-5,7-8,10-11,13H,6,9,15H2,1-2H3. The van der Waals surface area contributed by atoms with Crippen LogP contribution in [0.1, 0.15) is 31.0 Å². The van der Waals surface area contributed by atoms with Crippen molar-refractivity contribution in [3.8, 4) is 0 Å². The van der Waals surface area contributed by atoms with Gasteiger partial charge in [0.1, 0.15) is 0 Å². The predicted molar refractivity (Wildman–Crippen MR) is 72.2 cm³/mol.